The molecule has 2 aromatic heterocycles. The summed E-state index contributed by atoms with van der Waals surface area (Å²) in [6.07, 6.45) is 6.22. The summed E-state index contributed by atoms with van der Waals surface area (Å²) in [5, 5.41) is 5.78. The summed E-state index contributed by atoms with van der Waals surface area (Å²) in [4.78, 5) is 14.0. The molecule has 0 amide bonds. The third-order valence-electron chi connectivity index (χ3n) is 9.14. The van der Waals surface area contributed by atoms with Gasteiger partial charge in [-0.2, -0.15) is 0 Å². The van der Waals surface area contributed by atoms with Crippen molar-refractivity contribution >= 4 is 85.4 Å². The van der Waals surface area contributed by atoms with Gasteiger partial charge >= 0.3 is 0 Å². The van der Waals surface area contributed by atoms with Gasteiger partial charge in [-0.05, 0) is 102 Å². The maximum atomic E-state index is 7.40. The highest BCUT2D eigenvalue weighted by molar-refractivity contribution is 6.39. The van der Waals surface area contributed by atoms with Crippen molar-refractivity contribution in [1.82, 2.24) is 15.0 Å². The van der Waals surface area contributed by atoms with E-state index in [2.05, 4.69) is 71.8 Å². The van der Waals surface area contributed by atoms with E-state index in [0.29, 0.717) is 20.1 Å². The van der Waals surface area contributed by atoms with Crippen LogP contribution >= 0.6 is 46.4 Å². The van der Waals surface area contributed by atoms with Crippen LogP contribution in [-0.4, -0.2) is 22.0 Å². The molecule has 0 saturated heterocycles. The van der Waals surface area contributed by atoms with Gasteiger partial charge in [-0.25, -0.2) is 9.97 Å². The van der Waals surface area contributed by atoms with Gasteiger partial charge in [0.2, 0.25) is 0 Å². The SMILES string of the molecule is CCC1=C(CC)c2nc1c(Cl)cc(CC)c(CC)c(NC)c(Cl)c1nc(c(Cl)c3[nH]c(c2Cl)c(CC)c3CC)C(CC)=C1CC. The number of hydrogen-bond acceptors (Lipinski definition) is 3. The number of nitrogens with one attached hydrogen (secondary N) is 2. The molecule has 0 atom stereocenters. The lowest BCUT2D eigenvalue weighted by atomic mass is 9.97. The molecule has 242 valence electrons. The highest BCUT2D eigenvalue weighted by Crippen LogP contribution is 2.45. The lowest BCUT2D eigenvalue weighted by molar-refractivity contribution is 1.04. The molecule has 8 heteroatoms. The summed E-state index contributed by atoms with van der Waals surface area (Å²) in [6, 6.07) is 2.06. The zero-order valence-electron chi connectivity index (χ0n) is 28.1. The van der Waals surface area contributed by atoms with Crippen LogP contribution < -0.4 is 5.32 Å². The molecule has 4 heterocycles. The number of H-pyrrole nitrogens is 1. The summed E-state index contributed by atoms with van der Waals surface area (Å²) in [7, 11) is 1.91. The molecular formula is C37H46Cl4N4. The second-order valence-corrected chi connectivity index (χ2v) is 12.8. The minimum absolute atomic E-state index is 0.584. The Kier molecular flexibility index (Phi) is 12.0. The first-order valence-electron chi connectivity index (χ1n) is 16.5. The molecule has 45 heavy (non-hydrogen) atoms. The molecule has 0 saturated carbocycles. The number of aromatic nitrogens is 3. The van der Waals surface area contributed by atoms with Crippen molar-refractivity contribution in [1.29, 1.82) is 0 Å². The number of allylic oxidation sites excluding steroid dienone is 4. The normalized spacial score (nSPS) is 13.1. The molecule has 0 aromatic carbocycles. The number of aromatic amines is 1. The molecule has 2 N–H and O–H groups in total. The fraction of sp³-hybridized carbons (Fsp3) is 0.459. The molecule has 6 bridgehead atoms. The first-order valence-corrected chi connectivity index (χ1v) is 18.0. The summed E-state index contributed by atoms with van der Waals surface area (Å²) < 4.78 is 0. The zero-order chi connectivity index (χ0) is 33.2. The van der Waals surface area contributed by atoms with Crippen LogP contribution in [0.3, 0.4) is 0 Å². The van der Waals surface area contributed by atoms with E-state index in [4.69, 9.17) is 56.4 Å². The smallest absolute Gasteiger partial charge is 0.0903 e. The van der Waals surface area contributed by atoms with Crippen LogP contribution in [0.25, 0.3) is 33.3 Å². The Labute approximate surface area is 289 Å². The molecule has 4 rings (SSSR count). The van der Waals surface area contributed by atoms with Crippen molar-refractivity contribution in [3.8, 4) is 0 Å². The third kappa shape index (κ3) is 6.13. The Morgan fingerprint density at radius 1 is 0.533 bits per heavy atom. The minimum Gasteiger partial charge on any atom is -0.387 e. The maximum absolute atomic E-state index is 7.40. The molecule has 2 aliphatic heterocycles. The second kappa shape index (κ2) is 15.1. The van der Waals surface area contributed by atoms with Crippen LogP contribution in [-0.2, 0) is 25.7 Å². The third-order valence-corrected chi connectivity index (χ3v) is 10.5. The molecule has 0 spiro atoms. The predicted molar refractivity (Wildman–Crippen MR) is 200 cm³/mol. The van der Waals surface area contributed by atoms with Gasteiger partial charge in [-0.15, -0.1) is 0 Å². The molecule has 2 aliphatic rings. The van der Waals surface area contributed by atoms with E-state index >= 15 is 0 Å². The van der Waals surface area contributed by atoms with Gasteiger partial charge in [0.05, 0.1) is 59.6 Å². The minimum atomic E-state index is 0.584. The molecule has 2 aromatic rings. The van der Waals surface area contributed by atoms with Crippen molar-refractivity contribution in [2.45, 2.75) is 107 Å². The lowest BCUT2D eigenvalue weighted by Gasteiger charge is -2.13. The number of anilines is 1. The summed E-state index contributed by atoms with van der Waals surface area (Å²) in [5.41, 5.74) is 14.6. The number of rotatable bonds is 9. The Morgan fingerprint density at radius 2 is 0.933 bits per heavy atom. The van der Waals surface area contributed by atoms with E-state index in [1.165, 1.54) is 0 Å². The average Bonchev–Trinajstić information content (AvgIpc) is 3.75. The Bertz CT molecular complexity index is 1760. The van der Waals surface area contributed by atoms with Gasteiger partial charge in [-0.3, -0.25) is 0 Å². The maximum Gasteiger partial charge on any atom is 0.0903 e. The van der Waals surface area contributed by atoms with Gasteiger partial charge < -0.3 is 10.3 Å². The van der Waals surface area contributed by atoms with E-state index in [1.54, 1.807) is 0 Å². The van der Waals surface area contributed by atoms with Crippen molar-refractivity contribution in [3.63, 3.8) is 0 Å². The van der Waals surface area contributed by atoms with Crippen molar-refractivity contribution in [2.24, 2.45) is 0 Å². The Morgan fingerprint density at radius 3 is 1.31 bits per heavy atom. The number of hydrogen-bond donors (Lipinski definition) is 2. The monoisotopic (exact) mass is 686 g/mol. The number of fused-ring (bicyclic) bond motifs is 6. The van der Waals surface area contributed by atoms with E-state index in [1.807, 2.05) is 7.05 Å². The van der Waals surface area contributed by atoms with Gasteiger partial charge in [0.1, 0.15) is 0 Å². The fourth-order valence-corrected chi connectivity index (χ4v) is 8.29. The summed E-state index contributed by atoms with van der Waals surface area (Å²) in [6.45, 7) is 17.2. The van der Waals surface area contributed by atoms with Crippen LogP contribution in [0.5, 0.6) is 0 Å². The van der Waals surface area contributed by atoms with Crippen LogP contribution in [0.1, 0.15) is 126 Å². The van der Waals surface area contributed by atoms with Crippen molar-refractivity contribution < 1.29 is 0 Å². The molecule has 0 radical (unpaired) electrons. The standard InChI is InChI=1S/C37H46Cl4N4/c1-10-19-18-27(38)31-21(12-3)22(13-4)34(43-31)29(40)35-25(16-7)26(17-8)37(45-35)30(41)36-24(15-6)23(14-5)33(44-36)28(39)32(42-9)20(19)11-2/h18,42,45H,10-17H2,1-9H3. The average molecular weight is 689 g/mol. The molecule has 4 nitrogen and oxygen atoms in total. The van der Waals surface area contributed by atoms with Crippen LogP contribution in [0.2, 0.25) is 20.1 Å². The molecular weight excluding hydrogens is 642 g/mol. The summed E-state index contributed by atoms with van der Waals surface area (Å²) >= 11 is 29.3. The predicted octanol–water partition coefficient (Wildman–Crippen LogP) is 12.8. The van der Waals surface area contributed by atoms with E-state index < -0.39 is 0 Å². The molecule has 0 aliphatic carbocycles. The molecule has 0 fully saturated rings. The van der Waals surface area contributed by atoms with Gasteiger partial charge in [0.15, 0.2) is 0 Å². The quantitative estimate of drug-likeness (QED) is 0.276. The zero-order valence-corrected chi connectivity index (χ0v) is 31.2. The van der Waals surface area contributed by atoms with Crippen molar-refractivity contribution in [2.75, 3.05) is 12.4 Å². The second-order valence-electron chi connectivity index (χ2n) is 11.3. The van der Waals surface area contributed by atoms with Gasteiger partial charge in [0, 0.05) is 7.05 Å². The van der Waals surface area contributed by atoms with E-state index in [0.717, 1.165) is 135 Å². The number of halogens is 4. The van der Waals surface area contributed by atoms with Crippen molar-refractivity contribution in [3.05, 3.63) is 71.2 Å². The first kappa shape index (κ1) is 35.6. The summed E-state index contributed by atoms with van der Waals surface area (Å²) in [5.74, 6) is 0. The topological polar surface area (TPSA) is 53.6 Å². The first-order chi connectivity index (χ1) is 21.6. The van der Waals surface area contributed by atoms with E-state index in [9.17, 15) is 0 Å². The lowest BCUT2D eigenvalue weighted by Crippen LogP contribution is -2.00. The Hall–Kier alpha value is -2.24. The highest BCUT2D eigenvalue weighted by atomic mass is 35.5. The van der Waals surface area contributed by atoms with Crippen LogP contribution in [0.4, 0.5) is 5.69 Å². The largest absolute Gasteiger partial charge is 0.387 e. The fourth-order valence-electron chi connectivity index (χ4n) is 7.00. The van der Waals surface area contributed by atoms with Gasteiger partial charge in [0.25, 0.3) is 0 Å². The molecule has 0 unspecified atom stereocenters. The number of aryl methyl sites for hydroxylation is 3. The number of nitrogens with zero attached hydrogens (tertiary/aromatic N) is 2. The van der Waals surface area contributed by atoms with Gasteiger partial charge in [-0.1, -0.05) is 102 Å². The van der Waals surface area contributed by atoms with E-state index in [-0.39, 0.29) is 0 Å². The highest BCUT2D eigenvalue weighted by Gasteiger charge is 2.27. The Balaban J connectivity index is 2.46. The van der Waals surface area contributed by atoms with Crippen LogP contribution in [0.15, 0.2) is 6.07 Å². The van der Waals surface area contributed by atoms with Crippen LogP contribution in [0, 0.1) is 0 Å².